The number of nitrogens with zero attached hydrogens (tertiary/aromatic N) is 1. The minimum atomic E-state index is -0.0976. The normalized spacial score (nSPS) is 16.2. The highest BCUT2D eigenvalue weighted by Gasteiger charge is 2.22. The van der Waals surface area contributed by atoms with Crippen molar-refractivity contribution in [1.29, 1.82) is 0 Å². The molecule has 0 radical (unpaired) electrons. The summed E-state index contributed by atoms with van der Waals surface area (Å²) in [5.74, 6) is 1.04. The van der Waals surface area contributed by atoms with Crippen LogP contribution in [-0.4, -0.2) is 31.1 Å². The number of halogens is 1. The van der Waals surface area contributed by atoms with Gasteiger partial charge >= 0.3 is 0 Å². The second-order valence-corrected chi connectivity index (χ2v) is 6.62. The van der Waals surface area contributed by atoms with Gasteiger partial charge in [-0.2, -0.15) is 11.8 Å². The third kappa shape index (κ3) is 4.13. The Hall–Kier alpha value is -0.740. The lowest BCUT2D eigenvalue weighted by molar-refractivity contribution is 0.581. The number of hydrogen-bond donors (Lipinski definition) is 1. The molecule has 1 aromatic rings. The van der Waals surface area contributed by atoms with Crippen LogP contribution < -0.4 is 10.2 Å². The summed E-state index contributed by atoms with van der Waals surface area (Å²) in [6.45, 7) is 2.84. The van der Waals surface area contributed by atoms with Crippen molar-refractivity contribution >= 4 is 17.4 Å². The van der Waals surface area contributed by atoms with Gasteiger partial charge in [-0.15, -0.1) is 0 Å². The van der Waals surface area contributed by atoms with E-state index in [2.05, 4.69) is 30.4 Å². The fraction of sp³-hybridized carbons (Fsp3) is 0.625. The van der Waals surface area contributed by atoms with Crippen LogP contribution in [-0.2, 0) is 6.54 Å². The molecule has 2 nitrogen and oxygen atoms in total. The summed E-state index contributed by atoms with van der Waals surface area (Å²) in [4.78, 5) is 2.21. The average Bonchev–Trinajstić information content (AvgIpc) is 3.26. The Kier molecular flexibility index (Phi) is 5.73. The highest BCUT2D eigenvalue weighted by molar-refractivity contribution is 7.98. The molecule has 0 aromatic heterocycles. The number of hydrogen-bond acceptors (Lipinski definition) is 3. The van der Waals surface area contributed by atoms with Gasteiger partial charge in [-0.25, -0.2) is 4.39 Å². The maximum Gasteiger partial charge on any atom is 0.129 e. The van der Waals surface area contributed by atoms with E-state index in [1.165, 1.54) is 12.8 Å². The van der Waals surface area contributed by atoms with E-state index in [1.54, 1.807) is 6.07 Å². The minimum Gasteiger partial charge on any atom is -0.372 e. The third-order valence-corrected chi connectivity index (χ3v) is 4.66. The molecule has 2 rings (SSSR count). The maximum absolute atomic E-state index is 14.1. The van der Waals surface area contributed by atoms with E-state index in [0.717, 1.165) is 23.4 Å². The summed E-state index contributed by atoms with van der Waals surface area (Å²) in [6.07, 6.45) is 5.69. The maximum atomic E-state index is 14.1. The molecule has 112 valence electrons. The van der Waals surface area contributed by atoms with Crippen molar-refractivity contribution in [3.8, 4) is 0 Å². The molecule has 1 aliphatic rings. The van der Waals surface area contributed by atoms with Crippen molar-refractivity contribution in [2.45, 2.75) is 44.8 Å². The number of anilines is 1. The van der Waals surface area contributed by atoms with Crippen LogP contribution in [0, 0.1) is 5.82 Å². The van der Waals surface area contributed by atoms with Crippen molar-refractivity contribution in [3.63, 3.8) is 0 Å². The summed E-state index contributed by atoms with van der Waals surface area (Å²) >= 11 is 1.86. The predicted octanol–water partition coefficient (Wildman–Crippen LogP) is 3.66. The van der Waals surface area contributed by atoms with Crippen LogP contribution >= 0.6 is 11.8 Å². The van der Waals surface area contributed by atoms with Gasteiger partial charge in [0, 0.05) is 36.9 Å². The average molecular weight is 296 g/mol. The van der Waals surface area contributed by atoms with Crippen molar-refractivity contribution in [1.82, 2.24) is 5.32 Å². The molecule has 0 saturated heterocycles. The Morgan fingerprint density at radius 1 is 1.45 bits per heavy atom. The van der Waals surface area contributed by atoms with Crippen LogP contribution in [0.15, 0.2) is 18.2 Å². The lowest BCUT2D eigenvalue weighted by atomic mass is 10.1. The molecule has 20 heavy (non-hydrogen) atoms. The van der Waals surface area contributed by atoms with Crippen LogP contribution in [0.3, 0.4) is 0 Å². The number of benzene rings is 1. The van der Waals surface area contributed by atoms with Gasteiger partial charge in [0.1, 0.15) is 5.82 Å². The van der Waals surface area contributed by atoms with Crippen LogP contribution in [0.2, 0.25) is 0 Å². The first-order chi connectivity index (χ1) is 9.63. The molecule has 1 aromatic carbocycles. The second kappa shape index (κ2) is 7.32. The molecular weight excluding hydrogens is 271 g/mol. The van der Waals surface area contributed by atoms with Crippen molar-refractivity contribution < 1.29 is 4.39 Å². The monoisotopic (exact) mass is 296 g/mol. The number of rotatable bonds is 8. The largest absolute Gasteiger partial charge is 0.372 e. The van der Waals surface area contributed by atoms with E-state index in [0.29, 0.717) is 18.6 Å². The Morgan fingerprint density at radius 2 is 2.20 bits per heavy atom. The number of thioether (sulfide) groups is 1. The van der Waals surface area contributed by atoms with Gasteiger partial charge in [0.25, 0.3) is 0 Å². The van der Waals surface area contributed by atoms with E-state index >= 15 is 0 Å². The first-order valence-corrected chi connectivity index (χ1v) is 8.75. The Balaban J connectivity index is 2.09. The van der Waals surface area contributed by atoms with E-state index in [1.807, 2.05) is 23.9 Å². The van der Waals surface area contributed by atoms with Gasteiger partial charge in [0.15, 0.2) is 0 Å². The van der Waals surface area contributed by atoms with Crippen LogP contribution in [0.4, 0.5) is 10.1 Å². The zero-order valence-electron chi connectivity index (χ0n) is 12.7. The lowest BCUT2D eigenvalue weighted by Gasteiger charge is -2.29. The minimum absolute atomic E-state index is 0.0976. The van der Waals surface area contributed by atoms with Gasteiger partial charge in [0.2, 0.25) is 0 Å². The molecule has 0 heterocycles. The molecular formula is C16H25FN2S. The second-order valence-electron chi connectivity index (χ2n) is 5.63. The van der Waals surface area contributed by atoms with Crippen molar-refractivity contribution in [3.05, 3.63) is 29.6 Å². The SMILES string of the molecule is CSCCC(C)N(C)c1cccc(F)c1CNC1CC1. The van der Waals surface area contributed by atoms with Gasteiger partial charge in [0.05, 0.1) is 0 Å². The standard InChI is InChI=1S/C16H25FN2S/c1-12(9-10-20-3)19(2)16-6-4-5-15(17)14(16)11-18-13-7-8-13/h4-6,12-13,18H,7-11H2,1-3H3. The van der Waals surface area contributed by atoms with Crippen molar-refractivity contribution in [2.24, 2.45) is 0 Å². The summed E-state index contributed by atoms with van der Waals surface area (Å²) in [7, 11) is 2.07. The fourth-order valence-electron chi connectivity index (χ4n) is 2.31. The van der Waals surface area contributed by atoms with Crippen LogP contribution in [0.5, 0.6) is 0 Å². The fourth-order valence-corrected chi connectivity index (χ4v) is 2.88. The number of nitrogens with one attached hydrogen (secondary N) is 1. The highest BCUT2D eigenvalue weighted by atomic mass is 32.2. The van der Waals surface area contributed by atoms with E-state index in [-0.39, 0.29) is 5.82 Å². The van der Waals surface area contributed by atoms with E-state index < -0.39 is 0 Å². The van der Waals surface area contributed by atoms with Gasteiger partial charge in [-0.3, -0.25) is 0 Å². The molecule has 1 saturated carbocycles. The molecule has 0 amide bonds. The Morgan fingerprint density at radius 3 is 2.85 bits per heavy atom. The van der Waals surface area contributed by atoms with Crippen LogP contribution in [0.25, 0.3) is 0 Å². The van der Waals surface area contributed by atoms with Crippen LogP contribution in [0.1, 0.15) is 31.7 Å². The zero-order chi connectivity index (χ0) is 14.5. The zero-order valence-corrected chi connectivity index (χ0v) is 13.5. The van der Waals surface area contributed by atoms with Gasteiger partial charge in [-0.05, 0) is 50.3 Å². The first kappa shape index (κ1) is 15.6. The molecule has 0 spiro atoms. The quantitative estimate of drug-likeness (QED) is 0.788. The van der Waals surface area contributed by atoms with E-state index in [9.17, 15) is 4.39 Å². The highest BCUT2D eigenvalue weighted by Crippen LogP contribution is 2.27. The Labute approximate surface area is 126 Å². The lowest BCUT2D eigenvalue weighted by Crippen LogP contribution is -2.31. The molecule has 1 aliphatic carbocycles. The molecule has 0 bridgehead atoms. The third-order valence-electron chi connectivity index (χ3n) is 4.02. The summed E-state index contributed by atoms with van der Waals surface area (Å²) in [5, 5.41) is 3.42. The van der Waals surface area contributed by atoms with Crippen molar-refractivity contribution in [2.75, 3.05) is 24.0 Å². The van der Waals surface area contributed by atoms with Gasteiger partial charge in [-0.1, -0.05) is 6.07 Å². The summed E-state index contributed by atoms with van der Waals surface area (Å²) < 4.78 is 14.1. The molecule has 1 atom stereocenters. The smallest absolute Gasteiger partial charge is 0.129 e. The molecule has 1 fully saturated rings. The summed E-state index contributed by atoms with van der Waals surface area (Å²) in [6, 6.07) is 6.42. The van der Waals surface area contributed by atoms with E-state index in [4.69, 9.17) is 0 Å². The first-order valence-electron chi connectivity index (χ1n) is 7.36. The van der Waals surface area contributed by atoms with Gasteiger partial charge < -0.3 is 10.2 Å². The molecule has 4 heteroatoms. The molecule has 0 aliphatic heterocycles. The molecule has 1 unspecified atom stereocenters. The topological polar surface area (TPSA) is 15.3 Å². The molecule has 1 N–H and O–H groups in total. The Bertz CT molecular complexity index is 434. The predicted molar refractivity (Wildman–Crippen MR) is 87.1 cm³/mol. The summed E-state index contributed by atoms with van der Waals surface area (Å²) in [5.41, 5.74) is 1.82.